The standard InChI is InChI=1S/C6H11NO5/c1-2-4(7(11)12)6(10)5(9)3-8/h3-6,9-10H,2H2,1H3/t4-,5+,6+/m1/s1. The maximum Gasteiger partial charge on any atom is 0.241 e. The van der Waals surface area contributed by atoms with Crippen molar-refractivity contribution in [1.29, 1.82) is 0 Å². The maximum absolute atomic E-state index is 10.2. The molecule has 0 aromatic rings. The quantitative estimate of drug-likeness (QED) is 0.317. The molecule has 0 rings (SSSR count). The molecule has 0 aromatic heterocycles. The summed E-state index contributed by atoms with van der Waals surface area (Å²) in [6.07, 6.45) is -3.15. The van der Waals surface area contributed by atoms with Crippen molar-refractivity contribution in [3.8, 4) is 0 Å². The second-order valence-corrected chi connectivity index (χ2v) is 2.38. The van der Waals surface area contributed by atoms with Gasteiger partial charge in [-0.05, 0) is 0 Å². The topological polar surface area (TPSA) is 101 Å². The van der Waals surface area contributed by atoms with Crippen LogP contribution in [0.4, 0.5) is 0 Å². The summed E-state index contributed by atoms with van der Waals surface area (Å²) in [6, 6.07) is -1.29. The Morgan fingerprint density at radius 3 is 2.33 bits per heavy atom. The normalized spacial score (nSPS) is 17.9. The van der Waals surface area contributed by atoms with Crippen molar-refractivity contribution in [3.63, 3.8) is 0 Å². The van der Waals surface area contributed by atoms with Crippen LogP contribution >= 0.6 is 0 Å². The molecule has 0 unspecified atom stereocenters. The van der Waals surface area contributed by atoms with Gasteiger partial charge in [-0.3, -0.25) is 10.1 Å². The third kappa shape index (κ3) is 2.55. The van der Waals surface area contributed by atoms with Gasteiger partial charge >= 0.3 is 0 Å². The van der Waals surface area contributed by atoms with Gasteiger partial charge in [-0.1, -0.05) is 6.92 Å². The Labute approximate surface area is 69.0 Å². The van der Waals surface area contributed by atoms with Crippen LogP contribution in [0.25, 0.3) is 0 Å². The van der Waals surface area contributed by atoms with E-state index >= 15 is 0 Å². The molecular weight excluding hydrogens is 166 g/mol. The van der Waals surface area contributed by atoms with Crippen molar-refractivity contribution in [2.75, 3.05) is 0 Å². The first kappa shape index (κ1) is 11.0. The molecular formula is C6H11NO5. The number of aliphatic hydroxyl groups is 2. The first-order valence-corrected chi connectivity index (χ1v) is 3.49. The number of hydrogen-bond acceptors (Lipinski definition) is 5. The zero-order valence-corrected chi connectivity index (χ0v) is 6.58. The van der Waals surface area contributed by atoms with Crippen LogP contribution in [0.3, 0.4) is 0 Å². The highest BCUT2D eigenvalue weighted by molar-refractivity contribution is 5.56. The van der Waals surface area contributed by atoms with E-state index in [0.29, 0.717) is 0 Å². The Balaban J connectivity index is 4.29. The van der Waals surface area contributed by atoms with Crippen molar-refractivity contribution < 1.29 is 19.9 Å². The van der Waals surface area contributed by atoms with Crippen LogP contribution in [-0.4, -0.2) is 39.7 Å². The molecule has 0 heterocycles. The second-order valence-electron chi connectivity index (χ2n) is 2.38. The van der Waals surface area contributed by atoms with Gasteiger partial charge in [0.05, 0.1) is 0 Å². The second kappa shape index (κ2) is 4.78. The molecule has 0 spiro atoms. The third-order valence-corrected chi connectivity index (χ3v) is 1.57. The lowest BCUT2D eigenvalue weighted by Gasteiger charge is -2.15. The van der Waals surface area contributed by atoms with Gasteiger partial charge in [0.25, 0.3) is 0 Å². The average Bonchev–Trinajstić information content (AvgIpc) is 2.03. The Kier molecular flexibility index (Phi) is 4.38. The smallest absolute Gasteiger partial charge is 0.241 e. The lowest BCUT2D eigenvalue weighted by molar-refractivity contribution is -0.536. The first-order valence-electron chi connectivity index (χ1n) is 3.49. The first-order chi connectivity index (χ1) is 5.54. The number of carbonyl (C=O) groups excluding carboxylic acids is 1. The Morgan fingerprint density at radius 1 is 1.58 bits per heavy atom. The number of carbonyl (C=O) groups is 1. The average molecular weight is 177 g/mol. The van der Waals surface area contributed by atoms with Gasteiger partial charge in [-0.15, -0.1) is 0 Å². The predicted octanol–water partition coefficient (Wildman–Crippen LogP) is -1.04. The molecule has 0 aliphatic rings. The van der Waals surface area contributed by atoms with Crippen molar-refractivity contribution in [3.05, 3.63) is 10.1 Å². The summed E-state index contributed by atoms with van der Waals surface area (Å²) in [5.41, 5.74) is 0. The molecule has 3 atom stereocenters. The van der Waals surface area contributed by atoms with Crippen molar-refractivity contribution in [2.45, 2.75) is 31.6 Å². The maximum atomic E-state index is 10.2. The van der Waals surface area contributed by atoms with Crippen LogP contribution < -0.4 is 0 Å². The molecule has 12 heavy (non-hydrogen) atoms. The Hall–Kier alpha value is -1.01. The van der Waals surface area contributed by atoms with Gasteiger partial charge in [0.15, 0.2) is 12.4 Å². The van der Waals surface area contributed by atoms with Crippen LogP contribution in [0.1, 0.15) is 13.3 Å². The van der Waals surface area contributed by atoms with Crippen LogP contribution in [0.2, 0.25) is 0 Å². The SMILES string of the molecule is CC[C@H]([C@H](O)[C@@H](O)C=O)[N+](=O)[O-]. The largest absolute Gasteiger partial charge is 0.383 e. The number of rotatable bonds is 5. The lowest BCUT2D eigenvalue weighted by atomic mass is 10.1. The summed E-state index contributed by atoms with van der Waals surface area (Å²) < 4.78 is 0. The van der Waals surface area contributed by atoms with Crippen molar-refractivity contribution in [2.24, 2.45) is 0 Å². The van der Waals surface area contributed by atoms with E-state index in [1.807, 2.05) is 0 Å². The molecule has 0 aromatic carbocycles. The predicted molar refractivity (Wildman–Crippen MR) is 39.2 cm³/mol. The summed E-state index contributed by atoms with van der Waals surface area (Å²) in [6.45, 7) is 1.49. The van der Waals surface area contributed by atoms with E-state index in [9.17, 15) is 14.9 Å². The molecule has 0 fully saturated rings. The highest BCUT2D eigenvalue weighted by atomic mass is 16.6. The van der Waals surface area contributed by atoms with E-state index in [0.717, 1.165) is 0 Å². The third-order valence-electron chi connectivity index (χ3n) is 1.57. The number of nitrogens with zero attached hydrogens (tertiary/aromatic N) is 1. The van der Waals surface area contributed by atoms with E-state index in [1.165, 1.54) is 6.92 Å². The zero-order valence-electron chi connectivity index (χ0n) is 6.58. The molecule has 0 saturated heterocycles. The number of aliphatic hydroxyl groups excluding tert-OH is 2. The van der Waals surface area contributed by atoms with E-state index < -0.39 is 23.2 Å². The van der Waals surface area contributed by atoms with Gasteiger partial charge in [-0.25, -0.2) is 0 Å². The summed E-state index contributed by atoms with van der Waals surface area (Å²) in [5.74, 6) is 0. The van der Waals surface area contributed by atoms with Crippen LogP contribution in [-0.2, 0) is 4.79 Å². The van der Waals surface area contributed by atoms with Crippen molar-refractivity contribution in [1.82, 2.24) is 0 Å². The Morgan fingerprint density at radius 2 is 2.08 bits per heavy atom. The highest BCUT2D eigenvalue weighted by Gasteiger charge is 2.33. The van der Waals surface area contributed by atoms with Gasteiger partial charge in [0.2, 0.25) is 6.04 Å². The minimum absolute atomic E-state index is 0.0685. The number of aldehydes is 1. The zero-order chi connectivity index (χ0) is 9.72. The molecule has 70 valence electrons. The minimum Gasteiger partial charge on any atom is -0.383 e. The lowest BCUT2D eigenvalue weighted by Crippen LogP contribution is -2.42. The van der Waals surface area contributed by atoms with Crippen LogP contribution in [0, 0.1) is 10.1 Å². The summed E-state index contributed by atoms with van der Waals surface area (Å²) in [5, 5.41) is 28.0. The molecule has 0 saturated carbocycles. The van der Waals surface area contributed by atoms with Crippen molar-refractivity contribution >= 4 is 6.29 Å². The van der Waals surface area contributed by atoms with Gasteiger partial charge in [0, 0.05) is 11.3 Å². The van der Waals surface area contributed by atoms with Crippen LogP contribution in [0.15, 0.2) is 0 Å². The fraction of sp³-hybridized carbons (Fsp3) is 0.833. The van der Waals surface area contributed by atoms with Gasteiger partial charge in [0.1, 0.15) is 6.10 Å². The van der Waals surface area contributed by atoms with E-state index in [2.05, 4.69) is 0 Å². The van der Waals surface area contributed by atoms with Crippen LogP contribution in [0.5, 0.6) is 0 Å². The van der Waals surface area contributed by atoms with E-state index in [1.54, 1.807) is 0 Å². The summed E-state index contributed by atoms with van der Waals surface area (Å²) >= 11 is 0. The molecule has 0 radical (unpaired) electrons. The molecule has 0 aliphatic heterocycles. The monoisotopic (exact) mass is 177 g/mol. The number of hydrogen-bond donors (Lipinski definition) is 2. The summed E-state index contributed by atoms with van der Waals surface area (Å²) in [4.78, 5) is 19.5. The molecule has 0 aliphatic carbocycles. The number of nitro groups is 1. The molecule has 6 heteroatoms. The Bertz CT molecular complexity index is 171. The molecule has 0 amide bonds. The van der Waals surface area contributed by atoms with E-state index in [4.69, 9.17) is 10.2 Å². The molecule has 6 nitrogen and oxygen atoms in total. The fourth-order valence-corrected chi connectivity index (χ4v) is 0.823. The van der Waals surface area contributed by atoms with Gasteiger partial charge in [-0.2, -0.15) is 0 Å². The molecule has 2 N–H and O–H groups in total. The molecule has 0 bridgehead atoms. The van der Waals surface area contributed by atoms with E-state index in [-0.39, 0.29) is 12.7 Å². The minimum atomic E-state index is -1.68. The highest BCUT2D eigenvalue weighted by Crippen LogP contribution is 2.05. The van der Waals surface area contributed by atoms with Gasteiger partial charge < -0.3 is 15.0 Å². The summed E-state index contributed by atoms with van der Waals surface area (Å²) in [7, 11) is 0. The fourth-order valence-electron chi connectivity index (χ4n) is 0.823.